The van der Waals surface area contributed by atoms with Gasteiger partial charge in [-0.05, 0) is 48.0 Å². The highest BCUT2D eigenvalue weighted by Crippen LogP contribution is 2.45. The standard InChI is InChI=1S/C23H19ClN4O5/c1-32-18-6-3-12(9-14(18)24)28-26-16-5-4-15-21(22(16)27-28)13(10-20(30)25-15)11-7-17(29)23(31)19(8-11)33-2/h3-9,13,29,31H,10H2,1-2H3,(H,25,30)/t13-/m0/s1. The molecule has 1 atom stereocenters. The van der Waals surface area contributed by atoms with Gasteiger partial charge in [-0.25, -0.2) is 0 Å². The average molecular weight is 467 g/mol. The minimum atomic E-state index is -0.442. The lowest BCUT2D eigenvalue weighted by atomic mass is 9.83. The fraction of sp³-hybridized carbons (Fsp3) is 0.174. The number of methoxy groups -OCH3 is 2. The van der Waals surface area contributed by atoms with Crippen molar-refractivity contribution in [3.63, 3.8) is 0 Å². The van der Waals surface area contributed by atoms with Crippen LogP contribution in [0.5, 0.6) is 23.0 Å². The second-order valence-electron chi connectivity index (χ2n) is 7.60. The number of rotatable bonds is 4. The van der Waals surface area contributed by atoms with Crippen LogP contribution in [-0.2, 0) is 4.79 Å². The lowest BCUT2D eigenvalue weighted by molar-refractivity contribution is -0.116. The zero-order valence-electron chi connectivity index (χ0n) is 17.7. The van der Waals surface area contributed by atoms with Crippen LogP contribution in [0.2, 0.25) is 5.02 Å². The third-order valence-corrected chi connectivity index (χ3v) is 5.97. The number of nitrogens with one attached hydrogen (secondary N) is 1. The molecule has 0 saturated carbocycles. The van der Waals surface area contributed by atoms with E-state index in [-0.39, 0.29) is 29.6 Å². The number of anilines is 1. The summed E-state index contributed by atoms with van der Waals surface area (Å²) in [6, 6.07) is 11.8. The summed E-state index contributed by atoms with van der Waals surface area (Å²) in [7, 11) is 2.93. The number of aromatic hydroxyl groups is 2. The number of phenolic OH excluding ortho intramolecular Hbond substituents is 2. The molecule has 3 aromatic carbocycles. The lowest BCUT2D eigenvalue weighted by Crippen LogP contribution is -2.23. The van der Waals surface area contributed by atoms with Gasteiger partial charge in [-0.15, -0.1) is 10.2 Å². The Morgan fingerprint density at radius 2 is 1.85 bits per heavy atom. The molecule has 3 N–H and O–H groups in total. The molecule has 33 heavy (non-hydrogen) atoms. The van der Waals surface area contributed by atoms with Gasteiger partial charge in [0.1, 0.15) is 16.8 Å². The van der Waals surface area contributed by atoms with Crippen LogP contribution < -0.4 is 14.8 Å². The predicted molar refractivity (Wildman–Crippen MR) is 122 cm³/mol. The first-order valence-corrected chi connectivity index (χ1v) is 10.4. The second-order valence-corrected chi connectivity index (χ2v) is 8.01. The lowest BCUT2D eigenvalue weighted by Gasteiger charge is -2.26. The summed E-state index contributed by atoms with van der Waals surface area (Å²) in [6.07, 6.45) is 0.126. The quantitative estimate of drug-likeness (QED) is 0.389. The van der Waals surface area contributed by atoms with E-state index >= 15 is 0 Å². The monoisotopic (exact) mass is 466 g/mol. The number of fused-ring (bicyclic) bond motifs is 3. The Labute approximate surface area is 193 Å². The van der Waals surface area contributed by atoms with E-state index in [1.54, 1.807) is 36.4 Å². The molecule has 1 aliphatic rings. The highest BCUT2D eigenvalue weighted by molar-refractivity contribution is 6.32. The summed E-state index contributed by atoms with van der Waals surface area (Å²) < 4.78 is 10.4. The van der Waals surface area contributed by atoms with Crippen molar-refractivity contribution in [3.8, 4) is 28.7 Å². The van der Waals surface area contributed by atoms with E-state index in [0.29, 0.717) is 38.7 Å². The maximum atomic E-state index is 12.5. The van der Waals surface area contributed by atoms with Gasteiger partial charge in [0.15, 0.2) is 11.5 Å². The topological polar surface area (TPSA) is 119 Å². The Bertz CT molecular complexity index is 1420. The van der Waals surface area contributed by atoms with Crippen molar-refractivity contribution >= 4 is 34.2 Å². The number of hydrogen-bond donors (Lipinski definition) is 3. The molecule has 9 nitrogen and oxygen atoms in total. The number of amides is 1. The van der Waals surface area contributed by atoms with Crippen LogP contribution in [0.1, 0.15) is 23.5 Å². The molecule has 0 saturated heterocycles. The van der Waals surface area contributed by atoms with Crippen molar-refractivity contribution in [2.75, 3.05) is 19.5 Å². The highest BCUT2D eigenvalue weighted by Gasteiger charge is 2.31. The number of phenols is 2. The van der Waals surface area contributed by atoms with Crippen LogP contribution in [0.3, 0.4) is 0 Å². The summed E-state index contributed by atoms with van der Waals surface area (Å²) in [5.74, 6) is -0.655. The molecule has 168 valence electrons. The zero-order valence-corrected chi connectivity index (χ0v) is 18.4. The SMILES string of the molecule is COc1ccc(-n2nc3ccc4c(c3n2)[C@H](c2cc(O)c(O)c(OC)c2)CC(=O)N4)cc1Cl. The molecular formula is C23H19ClN4O5. The van der Waals surface area contributed by atoms with E-state index in [4.69, 9.17) is 21.1 Å². The number of ether oxygens (including phenoxy) is 2. The highest BCUT2D eigenvalue weighted by atomic mass is 35.5. The van der Waals surface area contributed by atoms with Gasteiger partial charge in [-0.1, -0.05) is 11.6 Å². The maximum absolute atomic E-state index is 12.5. The van der Waals surface area contributed by atoms with E-state index in [2.05, 4.69) is 15.5 Å². The number of carbonyl (C=O) groups is 1. The molecule has 4 aromatic rings. The van der Waals surface area contributed by atoms with Crippen molar-refractivity contribution in [1.82, 2.24) is 15.0 Å². The third kappa shape index (κ3) is 3.46. The molecule has 0 aliphatic carbocycles. The Balaban J connectivity index is 1.69. The van der Waals surface area contributed by atoms with E-state index in [1.165, 1.54) is 25.1 Å². The van der Waals surface area contributed by atoms with Gasteiger partial charge in [-0.2, -0.15) is 4.80 Å². The number of benzene rings is 3. The second kappa shape index (κ2) is 7.86. The van der Waals surface area contributed by atoms with Crippen LogP contribution in [0, 0.1) is 0 Å². The molecular weight excluding hydrogens is 448 g/mol. The van der Waals surface area contributed by atoms with Crippen LogP contribution >= 0.6 is 11.6 Å². The fourth-order valence-corrected chi connectivity index (χ4v) is 4.35. The normalized spacial score (nSPS) is 15.2. The summed E-state index contributed by atoms with van der Waals surface area (Å²) in [5.41, 5.74) is 3.83. The van der Waals surface area contributed by atoms with Crippen molar-refractivity contribution in [3.05, 3.63) is 58.6 Å². The molecule has 5 rings (SSSR count). The first-order chi connectivity index (χ1) is 15.9. The molecule has 2 heterocycles. The van der Waals surface area contributed by atoms with E-state index in [0.717, 1.165) is 5.56 Å². The number of nitrogens with zero attached hydrogens (tertiary/aromatic N) is 3. The largest absolute Gasteiger partial charge is 0.504 e. The van der Waals surface area contributed by atoms with Gasteiger partial charge in [0, 0.05) is 23.6 Å². The number of hydrogen-bond acceptors (Lipinski definition) is 7. The molecule has 10 heteroatoms. The molecule has 0 bridgehead atoms. The Morgan fingerprint density at radius 1 is 1.06 bits per heavy atom. The van der Waals surface area contributed by atoms with Crippen molar-refractivity contribution in [2.45, 2.75) is 12.3 Å². The van der Waals surface area contributed by atoms with Crippen molar-refractivity contribution in [1.29, 1.82) is 0 Å². The van der Waals surface area contributed by atoms with Crippen LogP contribution in [-0.4, -0.2) is 45.3 Å². The molecule has 0 spiro atoms. The molecule has 0 radical (unpaired) electrons. The van der Waals surface area contributed by atoms with Gasteiger partial charge < -0.3 is 25.0 Å². The van der Waals surface area contributed by atoms with Gasteiger partial charge in [-0.3, -0.25) is 4.79 Å². The van der Waals surface area contributed by atoms with Crippen molar-refractivity contribution < 1.29 is 24.5 Å². The minimum absolute atomic E-state index is 0.112. The van der Waals surface area contributed by atoms with Crippen LogP contribution in [0.4, 0.5) is 5.69 Å². The smallest absolute Gasteiger partial charge is 0.225 e. The Hall–Kier alpha value is -3.98. The predicted octanol–water partition coefficient (Wildman–Crippen LogP) is 3.98. The molecule has 1 aromatic heterocycles. The summed E-state index contributed by atoms with van der Waals surface area (Å²) in [5, 5.41) is 32.8. The molecule has 0 unspecified atom stereocenters. The average Bonchev–Trinajstić information content (AvgIpc) is 3.24. The summed E-state index contributed by atoms with van der Waals surface area (Å²) in [4.78, 5) is 13.9. The Morgan fingerprint density at radius 3 is 2.58 bits per heavy atom. The van der Waals surface area contributed by atoms with E-state index in [1.807, 2.05) is 0 Å². The van der Waals surface area contributed by atoms with Crippen LogP contribution in [0.15, 0.2) is 42.5 Å². The van der Waals surface area contributed by atoms with E-state index < -0.39 is 5.92 Å². The first-order valence-electron chi connectivity index (χ1n) is 10.0. The molecule has 1 aliphatic heterocycles. The zero-order chi connectivity index (χ0) is 23.3. The fourth-order valence-electron chi connectivity index (χ4n) is 4.10. The third-order valence-electron chi connectivity index (χ3n) is 5.67. The number of aromatic nitrogens is 3. The van der Waals surface area contributed by atoms with Gasteiger partial charge >= 0.3 is 0 Å². The molecule has 1 amide bonds. The van der Waals surface area contributed by atoms with Gasteiger partial charge in [0.25, 0.3) is 0 Å². The first kappa shape index (κ1) is 20.9. The number of halogens is 1. The van der Waals surface area contributed by atoms with Crippen LogP contribution in [0.25, 0.3) is 16.7 Å². The number of carbonyl (C=O) groups excluding carboxylic acids is 1. The molecule has 0 fully saturated rings. The van der Waals surface area contributed by atoms with Crippen molar-refractivity contribution in [2.24, 2.45) is 0 Å². The minimum Gasteiger partial charge on any atom is -0.504 e. The summed E-state index contributed by atoms with van der Waals surface area (Å²) in [6.45, 7) is 0. The summed E-state index contributed by atoms with van der Waals surface area (Å²) >= 11 is 6.27. The maximum Gasteiger partial charge on any atom is 0.225 e. The van der Waals surface area contributed by atoms with Gasteiger partial charge in [0.2, 0.25) is 11.7 Å². The van der Waals surface area contributed by atoms with E-state index in [9.17, 15) is 15.0 Å². The van der Waals surface area contributed by atoms with Gasteiger partial charge in [0.05, 0.1) is 24.9 Å². The Kier molecular flexibility index (Phi) is 4.98.